The normalized spacial score (nSPS) is 19.4. The van der Waals surface area contributed by atoms with Gasteiger partial charge in [0, 0.05) is 27.7 Å². The van der Waals surface area contributed by atoms with Crippen molar-refractivity contribution in [2.45, 2.75) is 29.5 Å². The number of carbonyl (C=O) groups excluding carboxylic acids is 1. The highest BCUT2D eigenvalue weighted by Crippen LogP contribution is 2.47. The van der Waals surface area contributed by atoms with Crippen LogP contribution in [0.1, 0.15) is 30.7 Å². The van der Waals surface area contributed by atoms with Crippen molar-refractivity contribution in [2.75, 3.05) is 11.2 Å². The third kappa shape index (κ3) is 3.37. The van der Waals surface area contributed by atoms with Crippen LogP contribution in [-0.4, -0.2) is 22.2 Å². The van der Waals surface area contributed by atoms with Crippen molar-refractivity contribution in [3.8, 4) is 6.07 Å². The first-order valence-corrected chi connectivity index (χ1v) is 11.6. The summed E-state index contributed by atoms with van der Waals surface area (Å²) in [5, 5.41) is 18.7. The van der Waals surface area contributed by atoms with Crippen molar-refractivity contribution in [3.63, 3.8) is 0 Å². The highest BCUT2D eigenvalue weighted by atomic mass is 79.9. The number of nitrogens with zero attached hydrogens (tertiary/aromatic N) is 4. The van der Waals surface area contributed by atoms with Gasteiger partial charge < -0.3 is 5.73 Å². The first-order chi connectivity index (χ1) is 14.0. The van der Waals surface area contributed by atoms with E-state index in [0.717, 1.165) is 4.34 Å². The Morgan fingerprint density at radius 2 is 2.21 bits per heavy atom. The largest absolute Gasteiger partial charge is 0.384 e. The Labute approximate surface area is 183 Å². The number of carbonyl (C=O) groups is 1. The average Bonchev–Trinajstić information content (AvgIpc) is 3.18. The number of halogens is 2. The minimum absolute atomic E-state index is 0.101. The van der Waals surface area contributed by atoms with Gasteiger partial charge in [0.05, 0.1) is 17.6 Å². The van der Waals surface area contributed by atoms with Gasteiger partial charge in [-0.05, 0) is 37.3 Å². The number of nitrogens with two attached hydrogens (primary N) is 1. The Morgan fingerprint density at radius 3 is 2.90 bits per heavy atom. The van der Waals surface area contributed by atoms with E-state index in [1.807, 2.05) is 6.26 Å². The molecule has 0 saturated heterocycles. The van der Waals surface area contributed by atoms with Crippen molar-refractivity contribution in [1.29, 1.82) is 5.26 Å². The quantitative estimate of drug-likeness (QED) is 0.632. The molecule has 1 unspecified atom stereocenters. The standard InChI is InChI=1S/C19H15BrFN5OS2/c1-28-19-25-24-18(29-19)26-13-3-2-4-14(27)16(13)15(11(8-22)17(26)23)10-7-9(20)5-6-12(10)21/h5-7,15H,2-4,23H2,1H3. The van der Waals surface area contributed by atoms with Crippen LogP contribution in [0.4, 0.5) is 9.52 Å². The van der Waals surface area contributed by atoms with E-state index < -0.39 is 11.7 Å². The molecule has 29 heavy (non-hydrogen) atoms. The molecule has 10 heteroatoms. The van der Waals surface area contributed by atoms with E-state index >= 15 is 0 Å². The summed E-state index contributed by atoms with van der Waals surface area (Å²) in [5.41, 5.74) is 7.90. The first-order valence-electron chi connectivity index (χ1n) is 8.74. The number of aromatic nitrogens is 2. The maximum absolute atomic E-state index is 14.8. The number of ketones is 1. The average molecular weight is 492 g/mol. The number of hydrogen-bond donors (Lipinski definition) is 1. The van der Waals surface area contributed by atoms with E-state index in [1.54, 1.807) is 17.0 Å². The molecule has 0 radical (unpaired) electrons. The lowest BCUT2D eigenvalue weighted by Gasteiger charge is -2.38. The van der Waals surface area contributed by atoms with Gasteiger partial charge >= 0.3 is 0 Å². The summed E-state index contributed by atoms with van der Waals surface area (Å²) >= 11 is 6.14. The number of allylic oxidation sites excluding steroid dienone is 3. The Kier molecular flexibility index (Phi) is 5.46. The summed E-state index contributed by atoms with van der Waals surface area (Å²) in [6.07, 6.45) is 3.48. The second kappa shape index (κ2) is 7.89. The monoisotopic (exact) mass is 491 g/mol. The van der Waals surface area contributed by atoms with Crippen molar-refractivity contribution >= 4 is 49.9 Å². The van der Waals surface area contributed by atoms with Gasteiger partial charge in [0.2, 0.25) is 5.13 Å². The van der Waals surface area contributed by atoms with Crippen LogP contribution < -0.4 is 10.6 Å². The zero-order valence-corrected chi connectivity index (χ0v) is 18.5. The fourth-order valence-electron chi connectivity index (χ4n) is 3.73. The van der Waals surface area contributed by atoms with Gasteiger partial charge in [0.25, 0.3) is 0 Å². The van der Waals surface area contributed by atoms with E-state index in [0.29, 0.717) is 40.1 Å². The van der Waals surface area contributed by atoms with Gasteiger partial charge in [-0.3, -0.25) is 9.69 Å². The maximum Gasteiger partial charge on any atom is 0.219 e. The van der Waals surface area contributed by atoms with Crippen LogP contribution in [0.5, 0.6) is 0 Å². The zero-order valence-electron chi connectivity index (χ0n) is 15.3. The van der Waals surface area contributed by atoms with Crippen LogP contribution in [0.25, 0.3) is 0 Å². The number of thioether (sulfide) groups is 1. The zero-order chi connectivity index (χ0) is 20.7. The minimum Gasteiger partial charge on any atom is -0.384 e. The maximum atomic E-state index is 14.8. The van der Waals surface area contributed by atoms with Crippen molar-refractivity contribution < 1.29 is 9.18 Å². The number of rotatable bonds is 3. The summed E-state index contributed by atoms with van der Waals surface area (Å²) in [6.45, 7) is 0. The smallest absolute Gasteiger partial charge is 0.219 e. The molecule has 1 atom stereocenters. The summed E-state index contributed by atoms with van der Waals surface area (Å²) < 4.78 is 16.2. The Balaban J connectivity index is 1.98. The molecule has 0 fully saturated rings. The van der Waals surface area contributed by atoms with Crippen LogP contribution in [0.2, 0.25) is 0 Å². The Morgan fingerprint density at radius 1 is 1.41 bits per heavy atom. The molecule has 0 bridgehead atoms. The summed E-state index contributed by atoms with van der Waals surface area (Å²) in [6, 6.07) is 6.62. The summed E-state index contributed by atoms with van der Waals surface area (Å²) in [5.74, 6) is -1.27. The molecule has 2 N–H and O–H groups in total. The topological polar surface area (TPSA) is 95.9 Å². The fourth-order valence-corrected chi connectivity index (χ4v) is 5.40. The lowest BCUT2D eigenvalue weighted by atomic mass is 9.75. The molecule has 2 heterocycles. The van der Waals surface area contributed by atoms with Gasteiger partial charge in [-0.15, -0.1) is 10.2 Å². The molecule has 1 aromatic heterocycles. The Hall–Kier alpha value is -2.22. The molecule has 4 rings (SSSR count). The molecular formula is C19H15BrFN5OS2. The number of anilines is 1. The van der Waals surface area contributed by atoms with Gasteiger partial charge in [-0.25, -0.2) is 4.39 Å². The van der Waals surface area contributed by atoms with Crippen LogP contribution in [0.15, 0.2) is 49.7 Å². The highest BCUT2D eigenvalue weighted by molar-refractivity contribution is 9.10. The predicted molar refractivity (Wildman–Crippen MR) is 114 cm³/mol. The second-order valence-corrected chi connectivity index (χ2v) is 9.46. The third-order valence-electron chi connectivity index (χ3n) is 4.94. The number of Topliss-reactive ketones (excluding diaryl/α,β-unsaturated/α-hetero) is 1. The van der Waals surface area contributed by atoms with E-state index in [4.69, 9.17) is 5.73 Å². The predicted octanol–water partition coefficient (Wildman–Crippen LogP) is 4.47. The minimum atomic E-state index is -0.843. The van der Waals surface area contributed by atoms with Crippen LogP contribution >= 0.6 is 39.0 Å². The molecule has 0 amide bonds. The SMILES string of the molecule is CSc1nnc(N2C(N)=C(C#N)C(c3cc(Br)ccc3F)C3=C2CCCC3=O)s1. The van der Waals surface area contributed by atoms with Gasteiger partial charge in [0.1, 0.15) is 11.6 Å². The lowest BCUT2D eigenvalue weighted by Crippen LogP contribution is -2.38. The van der Waals surface area contributed by atoms with E-state index in [1.165, 1.54) is 29.2 Å². The van der Waals surface area contributed by atoms with Gasteiger partial charge in [-0.2, -0.15) is 5.26 Å². The van der Waals surface area contributed by atoms with E-state index in [2.05, 4.69) is 32.2 Å². The van der Waals surface area contributed by atoms with Gasteiger partial charge in [0.15, 0.2) is 10.1 Å². The van der Waals surface area contributed by atoms with E-state index in [-0.39, 0.29) is 22.7 Å². The number of nitriles is 1. The number of benzene rings is 1. The first kappa shape index (κ1) is 20.1. The molecule has 6 nitrogen and oxygen atoms in total. The van der Waals surface area contributed by atoms with Crippen molar-refractivity contribution in [2.24, 2.45) is 5.73 Å². The molecule has 0 spiro atoms. The second-order valence-electron chi connectivity index (χ2n) is 6.54. The van der Waals surface area contributed by atoms with Gasteiger partial charge in [-0.1, -0.05) is 39.0 Å². The fraction of sp³-hybridized carbons (Fsp3) is 0.263. The van der Waals surface area contributed by atoms with Crippen LogP contribution in [0.3, 0.4) is 0 Å². The lowest BCUT2D eigenvalue weighted by molar-refractivity contribution is -0.116. The van der Waals surface area contributed by atoms with E-state index in [9.17, 15) is 14.4 Å². The summed E-state index contributed by atoms with van der Waals surface area (Å²) in [4.78, 5) is 14.6. The third-order valence-corrected chi connectivity index (χ3v) is 7.32. The van der Waals surface area contributed by atoms with Crippen LogP contribution in [-0.2, 0) is 4.79 Å². The molecular weight excluding hydrogens is 477 g/mol. The summed E-state index contributed by atoms with van der Waals surface area (Å²) in [7, 11) is 0. The highest BCUT2D eigenvalue weighted by Gasteiger charge is 2.42. The molecule has 1 aliphatic carbocycles. The molecule has 1 aromatic carbocycles. The molecule has 148 valence electrons. The van der Waals surface area contributed by atoms with Crippen molar-refractivity contribution in [3.05, 3.63) is 56.7 Å². The Bertz CT molecular complexity index is 1120. The molecule has 2 aliphatic rings. The molecule has 0 saturated carbocycles. The van der Waals surface area contributed by atoms with Crippen LogP contribution in [0, 0.1) is 17.1 Å². The molecule has 1 aliphatic heterocycles. The van der Waals surface area contributed by atoms with Crippen molar-refractivity contribution in [1.82, 2.24) is 10.2 Å². The molecule has 2 aromatic rings. The number of hydrogen-bond acceptors (Lipinski definition) is 8.